The minimum Gasteiger partial charge on any atom is -0.370 e. The van der Waals surface area contributed by atoms with Crippen molar-refractivity contribution in [1.29, 1.82) is 0 Å². The number of halogens is 2. The van der Waals surface area contributed by atoms with Crippen LogP contribution in [0.25, 0.3) is 23.0 Å². The van der Waals surface area contributed by atoms with Crippen LogP contribution in [0.4, 0.5) is 5.82 Å². The molecule has 2 aromatic carbocycles. The summed E-state index contributed by atoms with van der Waals surface area (Å²) >= 11 is 9.87. The third kappa shape index (κ3) is 6.24. The molecular formula is C24H23BrClN5O2S. The Balaban J connectivity index is 1.34. The van der Waals surface area contributed by atoms with E-state index in [-0.39, 0.29) is 0 Å². The van der Waals surface area contributed by atoms with Crippen LogP contribution in [0.15, 0.2) is 76.7 Å². The van der Waals surface area contributed by atoms with Gasteiger partial charge < -0.3 is 5.32 Å². The predicted octanol–water partition coefficient (Wildman–Crippen LogP) is 5.59. The normalized spacial score (nSPS) is 11.9. The van der Waals surface area contributed by atoms with Crippen LogP contribution in [-0.2, 0) is 10.0 Å². The maximum Gasteiger partial charge on any atom is 0.233 e. The van der Waals surface area contributed by atoms with Crippen LogP contribution in [0.2, 0.25) is 5.02 Å². The molecule has 7 nitrogen and oxygen atoms in total. The molecule has 2 heterocycles. The monoisotopic (exact) mass is 559 g/mol. The van der Waals surface area contributed by atoms with Crippen molar-refractivity contribution in [3.63, 3.8) is 0 Å². The van der Waals surface area contributed by atoms with Gasteiger partial charge in [0.05, 0.1) is 16.4 Å². The second-order valence-corrected chi connectivity index (χ2v) is 10.4. The molecule has 0 aliphatic heterocycles. The summed E-state index contributed by atoms with van der Waals surface area (Å²) in [6.45, 7) is 0.993. The molecule has 0 radical (unpaired) electrons. The summed E-state index contributed by atoms with van der Waals surface area (Å²) in [6.07, 6.45) is 4.72. The first kappa shape index (κ1) is 24.4. The van der Waals surface area contributed by atoms with Crippen LogP contribution in [-0.4, -0.2) is 36.1 Å². The van der Waals surface area contributed by atoms with E-state index >= 15 is 0 Å². The molecule has 4 aromatic rings. The molecule has 0 amide bonds. The average molecular weight is 561 g/mol. The Kier molecular flexibility index (Phi) is 7.99. The second-order valence-electron chi connectivity index (χ2n) is 7.52. The van der Waals surface area contributed by atoms with Gasteiger partial charge >= 0.3 is 0 Å². The van der Waals surface area contributed by atoms with E-state index in [0.29, 0.717) is 30.2 Å². The molecule has 2 N–H and O–H groups in total. The van der Waals surface area contributed by atoms with Gasteiger partial charge in [-0.25, -0.2) is 18.1 Å². The molecule has 0 saturated heterocycles. The van der Waals surface area contributed by atoms with E-state index in [4.69, 9.17) is 16.6 Å². The van der Waals surface area contributed by atoms with Gasteiger partial charge in [0.2, 0.25) is 10.0 Å². The molecule has 176 valence electrons. The molecule has 0 bridgehead atoms. The summed E-state index contributed by atoms with van der Waals surface area (Å²) in [6, 6.07) is 18.8. The van der Waals surface area contributed by atoms with E-state index in [1.165, 1.54) is 5.41 Å². The Morgan fingerprint density at radius 3 is 2.56 bits per heavy atom. The summed E-state index contributed by atoms with van der Waals surface area (Å²) in [4.78, 5) is 4.70. The molecule has 0 aliphatic carbocycles. The van der Waals surface area contributed by atoms with Crippen molar-refractivity contribution in [2.45, 2.75) is 12.8 Å². The van der Waals surface area contributed by atoms with Gasteiger partial charge in [-0.05, 0) is 46.5 Å². The second kappa shape index (κ2) is 11.1. The maximum atomic E-state index is 12.2. The van der Waals surface area contributed by atoms with Crippen molar-refractivity contribution in [2.75, 3.05) is 18.4 Å². The van der Waals surface area contributed by atoms with Crippen molar-refractivity contribution >= 4 is 55.1 Å². The van der Waals surface area contributed by atoms with E-state index in [1.54, 1.807) is 16.8 Å². The highest BCUT2D eigenvalue weighted by atomic mass is 79.9. The molecule has 2 aromatic heterocycles. The van der Waals surface area contributed by atoms with Gasteiger partial charge in [-0.1, -0.05) is 60.1 Å². The lowest BCUT2D eigenvalue weighted by molar-refractivity contribution is 0.587. The zero-order valence-corrected chi connectivity index (χ0v) is 21.3. The van der Waals surface area contributed by atoms with Crippen molar-refractivity contribution in [2.24, 2.45) is 0 Å². The lowest BCUT2D eigenvalue weighted by Gasteiger charge is -2.11. The molecule has 0 aliphatic rings. The number of nitrogens with zero attached hydrogens (tertiary/aromatic N) is 3. The first-order valence-electron chi connectivity index (χ1n) is 10.7. The molecule has 4 rings (SSSR count). The lowest BCUT2D eigenvalue weighted by Crippen LogP contribution is -2.22. The summed E-state index contributed by atoms with van der Waals surface area (Å²) in [5.74, 6) is 0.775. The van der Waals surface area contributed by atoms with Crippen LogP contribution in [0.3, 0.4) is 0 Å². The first-order valence-corrected chi connectivity index (χ1v) is 13.4. The minimum atomic E-state index is -3.48. The SMILES string of the molecule is O=S(=O)(C=Cc1ccccc1)NCCCCNc1cc(-c2ccccc2Cl)nc2c(Br)cnn12. The molecule has 0 unspecified atom stereocenters. The van der Waals surface area contributed by atoms with Crippen LogP contribution in [0.1, 0.15) is 18.4 Å². The number of rotatable bonds is 10. The summed E-state index contributed by atoms with van der Waals surface area (Å²) < 4.78 is 29.4. The van der Waals surface area contributed by atoms with Crippen LogP contribution < -0.4 is 10.0 Å². The minimum absolute atomic E-state index is 0.354. The van der Waals surface area contributed by atoms with Crippen molar-refractivity contribution in [3.05, 3.63) is 87.3 Å². The van der Waals surface area contributed by atoms with Crippen LogP contribution >= 0.6 is 27.5 Å². The Morgan fingerprint density at radius 2 is 1.76 bits per heavy atom. The number of benzene rings is 2. The topological polar surface area (TPSA) is 88.4 Å². The van der Waals surface area contributed by atoms with Crippen molar-refractivity contribution in [1.82, 2.24) is 19.3 Å². The van der Waals surface area contributed by atoms with Gasteiger partial charge in [0.15, 0.2) is 5.65 Å². The van der Waals surface area contributed by atoms with E-state index in [0.717, 1.165) is 33.5 Å². The molecule has 0 fully saturated rings. The smallest absolute Gasteiger partial charge is 0.233 e. The number of sulfonamides is 1. The van der Waals surface area contributed by atoms with Crippen molar-refractivity contribution < 1.29 is 8.42 Å². The molecule has 0 atom stereocenters. The Morgan fingerprint density at radius 1 is 1.03 bits per heavy atom. The van der Waals surface area contributed by atoms with Crippen LogP contribution in [0, 0.1) is 0 Å². The van der Waals surface area contributed by atoms with Gasteiger partial charge in [0, 0.05) is 35.2 Å². The molecule has 0 spiro atoms. The van der Waals surface area contributed by atoms with E-state index in [1.807, 2.05) is 60.7 Å². The van der Waals surface area contributed by atoms with Crippen molar-refractivity contribution in [3.8, 4) is 11.3 Å². The Labute approximate surface area is 212 Å². The summed E-state index contributed by atoms with van der Waals surface area (Å²) in [7, 11) is -3.48. The lowest BCUT2D eigenvalue weighted by atomic mass is 10.1. The number of nitrogens with one attached hydrogen (secondary N) is 2. The quantitative estimate of drug-likeness (QED) is 0.247. The fourth-order valence-electron chi connectivity index (χ4n) is 3.33. The van der Waals surface area contributed by atoms with Crippen LogP contribution in [0.5, 0.6) is 0 Å². The van der Waals surface area contributed by atoms with E-state index in [2.05, 4.69) is 31.1 Å². The summed E-state index contributed by atoms with van der Waals surface area (Å²) in [5.41, 5.74) is 3.08. The number of unbranched alkanes of at least 4 members (excludes halogenated alkanes) is 1. The number of aromatic nitrogens is 3. The molecular weight excluding hydrogens is 538 g/mol. The number of hydrogen-bond acceptors (Lipinski definition) is 5. The Bertz CT molecular complexity index is 1410. The van der Waals surface area contributed by atoms with Gasteiger partial charge in [-0.2, -0.15) is 9.61 Å². The molecule has 10 heteroatoms. The standard InChI is InChI=1S/C24H23BrClN5O2S/c25-20-17-28-31-23(16-22(30-24(20)31)19-10-4-5-11-21(19)26)27-13-6-7-14-29-34(32,33)15-12-18-8-2-1-3-9-18/h1-5,8-12,15-17,27,29H,6-7,13-14H2. The van der Waals surface area contributed by atoms with Gasteiger partial charge in [0.25, 0.3) is 0 Å². The average Bonchev–Trinajstić information content (AvgIpc) is 3.21. The fourth-order valence-corrected chi connectivity index (χ4v) is 4.77. The third-order valence-electron chi connectivity index (χ3n) is 5.03. The maximum absolute atomic E-state index is 12.2. The molecule has 34 heavy (non-hydrogen) atoms. The van der Waals surface area contributed by atoms with Gasteiger partial charge in [0.1, 0.15) is 5.82 Å². The first-order chi connectivity index (χ1) is 16.4. The predicted molar refractivity (Wildman–Crippen MR) is 141 cm³/mol. The zero-order valence-electron chi connectivity index (χ0n) is 18.2. The zero-order chi connectivity index (χ0) is 24.0. The largest absolute Gasteiger partial charge is 0.370 e. The Hall–Kier alpha value is -2.72. The van der Waals surface area contributed by atoms with E-state index in [9.17, 15) is 8.42 Å². The molecule has 0 saturated carbocycles. The highest BCUT2D eigenvalue weighted by Crippen LogP contribution is 2.30. The number of fused-ring (bicyclic) bond motifs is 1. The highest BCUT2D eigenvalue weighted by Gasteiger charge is 2.13. The highest BCUT2D eigenvalue weighted by molar-refractivity contribution is 9.10. The van der Waals surface area contributed by atoms with Gasteiger partial charge in [-0.3, -0.25) is 0 Å². The number of anilines is 1. The fraction of sp³-hybridized carbons (Fsp3) is 0.167. The number of hydrogen-bond donors (Lipinski definition) is 2. The third-order valence-corrected chi connectivity index (χ3v) is 7.02. The summed E-state index contributed by atoms with van der Waals surface area (Å²) in [5, 5.41) is 9.58. The van der Waals surface area contributed by atoms with Gasteiger partial charge in [-0.15, -0.1) is 0 Å². The van der Waals surface area contributed by atoms with E-state index < -0.39 is 10.0 Å².